The molecule has 0 atom stereocenters. The molecule has 0 radical (unpaired) electrons. The summed E-state index contributed by atoms with van der Waals surface area (Å²) in [6, 6.07) is 9.93. The van der Waals surface area contributed by atoms with Crippen molar-refractivity contribution < 1.29 is 4.79 Å². The van der Waals surface area contributed by atoms with Gasteiger partial charge in [0, 0.05) is 24.5 Å². The van der Waals surface area contributed by atoms with E-state index in [1.807, 2.05) is 37.3 Å². The SMILES string of the molecule is Cc1cc(C(=O)NCc2ccc(-n3cncn3)cc2)c(C)n1CC1CC1. The van der Waals surface area contributed by atoms with Gasteiger partial charge in [-0.2, -0.15) is 5.10 Å². The molecule has 4 rings (SSSR count). The summed E-state index contributed by atoms with van der Waals surface area (Å²) in [4.78, 5) is 16.6. The topological polar surface area (TPSA) is 64.7 Å². The number of carbonyl (C=O) groups excluding carboxylic acids is 1. The Hall–Kier alpha value is -2.89. The number of amides is 1. The van der Waals surface area contributed by atoms with Gasteiger partial charge >= 0.3 is 0 Å². The molecule has 1 fully saturated rings. The highest BCUT2D eigenvalue weighted by Crippen LogP contribution is 2.32. The summed E-state index contributed by atoms with van der Waals surface area (Å²) in [5.74, 6) is 0.778. The van der Waals surface area contributed by atoms with E-state index in [1.54, 1.807) is 11.0 Å². The fourth-order valence-electron chi connectivity index (χ4n) is 3.26. The van der Waals surface area contributed by atoms with Crippen LogP contribution in [0.2, 0.25) is 0 Å². The summed E-state index contributed by atoms with van der Waals surface area (Å²) in [5, 5.41) is 7.14. The first-order valence-corrected chi connectivity index (χ1v) is 9.00. The molecule has 3 aromatic rings. The Labute approximate surface area is 152 Å². The van der Waals surface area contributed by atoms with Crippen LogP contribution in [-0.2, 0) is 13.1 Å². The third-order valence-corrected chi connectivity index (χ3v) is 5.03. The number of nitrogens with one attached hydrogen (secondary N) is 1. The van der Waals surface area contributed by atoms with Crippen LogP contribution >= 0.6 is 0 Å². The van der Waals surface area contributed by atoms with Gasteiger partial charge in [-0.05, 0) is 56.4 Å². The minimum absolute atomic E-state index is 0.0134. The highest BCUT2D eigenvalue weighted by Gasteiger charge is 2.24. The van der Waals surface area contributed by atoms with Crippen LogP contribution in [0.1, 0.15) is 40.2 Å². The van der Waals surface area contributed by atoms with Crippen molar-refractivity contribution in [2.75, 3.05) is 0 Å². The average molecular weight is 349 g/mol. The van der Waals surface area contributed by atoms with Crippen LogP contribution < -0.4 is 5.32 Å². The number of aromatic nitrogens is 4. The summed E-state index contributed by atoms with van der Waals surface area (Å²) >= 11 is 0. The van der Waals surface area contributed by atoms with Crippen molar-refractivity contribution in [3.63, 3.8) is 0 Å². The van der Waals surface area contributed by atoms with Gasteiger partial charge < -0.3 is 9.88 Å². The highest BCUT2D eigenvalue weighted by atomic mass is 16.1. The highest BCUT2D eigenvalue weighted by molar-refractivity contribution is 5.95. The van der Waals surface area contributed by atoms with Crippen molar-refractivity contribution in [2.45, 2.75) is 39.8 Å². The Bertz CT molecular complexity index is 905. The summed E-state index contributed by atoms with van der Waals surface area (Å²) in [7, 11) is 0. The largest absolute Gasteiger partial charge is 0.348 e. The van der Waals surface area contributed by atoms with Crippen LogP contribution in [0.4, 0.5) is 0 Å². The fraction of sp³-hybridized carbons (Fsp3) is 0.350. The first-order valence-electron chi connectivity index (χ1n) is 9.00. The lowest BCUT2D eigenvalue weighted by molar-refractivity contribution is 0.0950. The Balaban J connectivity index is 1.41. The van der Waals surface area contributed by atoms with Gasteiger partial charge in [-0.25, -0.2) is 9.67 Å². The quantitative estimate of drug-likeness (QED) is 0.744. The molecule has 0 bridgehead atoms. The Kier molecular flexibility index (Phi) is 4.32. The molecule has 0 spiro atoms. The summed E-state index contributed by atoms with van der Waals surface area (Å²) in [6.07, 6.45) is 5.79. The number of benzene rings is 1. The number of carbonyl (C=O) groups is 1. The van der Waals surface area contributed by atoms with Crippen LogP contribution in [0.3, 0.4) is 0 Å². The van der Waals surface area contributed by atoms with E-state index in [1.165, 1.54) is 19.2 Å². The lowest BCUT2D eigenvalue weighted by atomic mass is 10.2. The minimum atomic E-state index is -0.0134. The fourth-order valence-corrected chi connectivity index (χ4v) is 3.26. The van der Waals surface area contributed by atoms with E-state index in [9.17, 15) is 4.79 Å². The molecule has 134 valence electrons. The van der Waals surface area contributed by atoms with Crippen molar-refractivity contribution in [2.24, 2.45) is 5.92 Å². The summed E-state index contributed by atoms with van der Waals surface area (Å²) < 4.78 is 3.98. The molecule has 6 nitrogen and oxygen atoms in total. The van der Waals surface area contributed by atoms with Crippen LogP contribution in [0, 0.1) is 19.8 Å². The molecule has 1 saturated carbocycles. The molecule has 1 N–H and O–H groups in total. The molecule has 1 aliphatic rings. The molecule has 1 aliphatic carbocycles. The van der Waals surface area contributed by atoms with E-state index in [4.69, 9.17) is 0 Å². The van der Waals surface area contributed by atoms with Gasteiger partial charge in [0.05, 0.1) is 11.3 Å². The zero-order valence-corrected chi connectivity index (χ0v) is 15.1. The second kappa shape index (κ2) is 6.78. The molecule has 0 saturated heterocycles. The van der Waals surface area contributed by atoms with Crippen molar-refractivity contribution in [1.29, 1.82) is 0 Å². The molecule has 0 aliphatic heterocycles. The van der Waals surface area contributed by atoms with E-state index in [0.717, 1.165) is 40.7 Å². The minimum Gasteiger partial charge on any atom is -0.348 e. The van der Waals surface area contributed by atoms with E-state index < -0.39 is 0 Å². The molecule has 2 heterocycles. The molecule has 1 amide bonds. The van der Waals surface area contributed by atoms with Crippen LogP contribution in [0.15, 0.2) is 43.0 Å². The normalized spacial score (nSPS) is 13.8. The number of nitrogens with zero attached hydrogens (tertiary/aromatic N) is 4. The van der Waals surface area contributed by atoms with Crippen molar-refractivity contribution in [1.82, 2.24) is 24.6 Å². The van der Waals surface area contributed by atoms with E-state index >= 15 is 0 Å². The van der Waals surface area contributed by atoms with Crippen molar-refractivity contribution >= 4 is 5.91 Å². The Morgan fingerprint density at radius 1 is 1.23 bits per heavy atom. The molecular formula is C20H23N5O. The monoisotopic (exact) mass is 349 g/mol. The third kappa shape index (κ3) is 3.40. The molecular weight excluding hydrogens is 326 g/mol. The first-order chi connectivity index (χ1) is 12.6. The lowest BCUT2D eigenvalue weighted by Crippen LogP contribution is -2.23. The van der Waals surface area contributed by atoms with Crippen LogP contribution in [-0.4, -0.2) is 25.2 Å². The second-order valence-corrected chi connectivity index (χ2v) is 7.03. The van der Waals surface area contributed by atoms with Gasteiger partial charge in [-0.3, -0.25) is 4.79 Å². The molecule has 2 aromatic heterocycles. The van der Waals surface area contributed by atoms with Gasteiger partial charge in [0.15, 0.2) is 0 Å². The first kappa shape index (κ1) is 16.6. The smallest absolute Gasteiger partial charge is 0.253 e. The van der Waals surface area contributed by atoms with Crippen LogP contribution in [0.25, 0.3) is 5.69 Å². The third-order valence-electron chi connectivity index (χ3n) is 5.03. The number of aryl methyl sites for hydroxylation is 1. The number of hydrogen-bond donors (Lipinski definition) is 1. The van der Waals surface area contributed by atoms with E-state index in [-0.39, 0.29) is 5.91 Å². The summed E-state index contributed by atoms with van der Waals surface area (Å²) in [5.41, 5.74) is 5.00. The molecule has 6 heteroatoms. The maximum Gasteiger partial charge on any atom is 0.253 e. The van der Waals surface area contributed by atoms with Gasteiger partial charge in [0.25, 0.3) is 5.91 Å². The average Bonchev–Trinajstić information content (AvgIpc) is 3.22. The predicted molar refractivity (Wildman–Crippen MR) is 99.2 cm³/mol. The Morgan fingerprint density at radius 3 is 2.65 bits per heavy atom. The Morgan fingerprint density at radius 2 is 2.00 bits per heavy atom. The van der Waals surface area contributed by atoms with E-state index in [2.05, 4.69) is 26.9 Å². The zero-order chi connectivity index (χ0) is 18.1. The maximum absolute atomic E-state index is 12.6. The van der Waals surface area contributed by atoms with Crippen molar-refractivity contribution in [3.8, 4) is 5.69 Å². The summed E-state index contributed by atoms with van der Waals surface area (Å²) in [6.45, 7) is 5.66. The standard InChI is InChI=1S/C20H23N5O/c1-14-9-19(15(2)24(14)11-17-3-4-17)20(26)22-10-16-5-7-18(8-6-16)25-13-21-12-23-25/h5-9,12-13,17H,3-4,10-11H2,1-2H3,(H,22,26). The zero-order valence-electron chi connectivity index (χ0n) is 15.1. The number of hydrogen-bond acceptors (Lipinski definition) is 3. The van der Waals surface area contributed by atoms with Gasteiger partial charge in [-0.15, -0.1) is 0 Å². The second-order valence-electron chi connectivity index (χ2n) is 7.03. The molecule has 26 heavy (non-hydrogen) atoms. The predicted octanol–water partition coefficient (Wildman–Crippen LogP) is 3.03. The van der Waals surface area contributed by atoms with Gasteiger partial charge in [0.2, 0.25) is 0 Å². The van der Waals surface area contributed by atoms with Gasteiger partial charge in [-0.1, -0.05) is 12.1 Å². The maximum atomic E-state index is 12.6. The number of rotatable bonds is 6. The van der Waals surface area contributed by atoms with E-state index in [0.29, 0.717) is 6.54 Å². The molecule has 0 unspecified atom stereocenters. The molecule has 1 aromatic carbocycles. The lowest BCUT2D eigenvalue weighted by Gasteiger charge is -2.09. The van der Waals surface area contributed by atoms with Crippen molar-refractivity contribution in [3.05, 3.63) is 65.5 Å². The van der Waals surface area contributed by atoms with Gasteiger partial charge in [0.1, 0.15) is 12.7 Å². The van der Waals surface area contributed by atoms with Crippen LogP contribution in [0.5, 0.6) is 0 Å².